The number of ketones is 1. The molecule has 1 heterocycles. The van der Waals surface area contributed by atoms with Crippen LogP contribution in [-0.4, -0.2) is 30.2 Å². The zero-order chi connectivity index (χ0) is 20.2. The van der Waals surface area contributed by atoms with Crippen LogP contribution >= 0.6 is 0 Å². The third-order valence-corrected chi connectivity index (χ3v) is 6.29. The first-order valence-electron chi connectivity index (χ1n) is 10.7. The van der Waals surface area contributed by atoms with E-state index in [1.807, 2.05) is 29.2 Å². The van der Waals surface area contributed by atoms with Crippen molar-refractivity contribution in [1.82, 2.24) is 4.90 Å². The van der Waals surface area contributed by atoms with Crippen LogP contribution in [0.25, 0.3) is 0 Å². The minimum Gasteiger partial charge on any atom is -0.497 e. The van der Waals surface area contributed by atoms with E-state index >= 15 is 0 Å². The van der Waals surface area contributed by atoms with Gasteiger partial charge in [0.25, 0.3) is 0 Å². The fourth-order valence-electron chi connectivity index (χ4n) is 4.68. The van der Waals surface area contributed by atoms with Crippen molar-refractivity contribution in [2.24, 2.45) is 0 Å². The highest BCUT2D eigenvalue weighted by atomic mass is 16.5. The molecule has 29 heavy (non-hydrogen) atoms. The van der Waals surface area contributed by atoms with E-state index in [2.05, 4.69) is 18.2 Å². The summed E-state index contributed by atoms with van der Waals surface area (Å²) in [6.07, 6.45) is 7.11. The Morgan fingerprint density at radius 1 is 1.00 bits per heavy atom. The molecule has 0 aromatic heterocycles. The third kappa shape index (κ3) is 4.36. The first-order chi connectivity index (χ1) is 14.2. The first-order valence-corrected chi connectivity index (χ1v) is 10.7. The molecule has 0 spiro atoms. The van der Waals surface area contributed by atoms with Gasteiger partial charge in [0.15, 0.2) is 5.78 Å². The summed E-state index contributed by atoms with van der Waals surface area (Å²) in [5.74, 6) is 0.954. The van der Waals surface area contributed by atoms with Crippen LogP contribution in [0, 0.1) is 0 Å². The van der Waals surface area contributed by atoms with Gasteiger partial charge in [0.2, 0.25) is 5.91 Å². The summed E-state index contributed by atoms with van der Waals surface area (Å²) in [5.41, 5.74) is 4.55. The second-order valence-electron chi connectivity index (χ2n) is 8.14. The van der Waals surface area contributed by atoms with Crippen molar-refractivity contribution in [1.29, 1.82) is 0 Å². The molecule has 1 saturated heterocycles. The zero-order valence-corrected chi connectivity index (χ0v) is 17.2. The van der Waals surface area contributed by atoms with Crippen LogP contribution in [0.5, 0.6) is 5.75 Å². The Hall–Kier alpha value is -2.62. The zero-order valence-electron chi connectivity index (χ0n) is 17.2. The molecule has 0 radical (unpaired) electrons. The maximum absolute atomic E-state index is 12.9. The molecule has 4 rings (SSSR count). The van der Waals surface area contributed by atoms with Gasteiger partial charge >= 0.3 is 0 Å². The maximum Gasteiger partial charge on any atom is 0.223 e. The molecule has 0 saturated carbocycles. The lowest BCUT2D eigenvalue weighted by molar-refractivity contribution is -0.132. The summed E-state index contributed by atoms with van der Waals surface area (Å²) in [6, 6.07) is 14.1. The fraction of sp³-hybridized carbons (Fsp3) is 0.440. The number of nitrogens with zero attached hydrogens (tertiary/aromatic N) is 1. The number of hydrogen-bond acceptors (Lipinski definition) is 3. The van der Waals surface area contributed by atoms with Gasteiger partial charge in [0.05, 0.1) is 13.2 Å². The molecular weight excluding hydrogens is 362 g/mol. The number of benzene rings is 2. The first kappa shape index (κ1) is 19.7. The number of Topliss-reactive ketones (excluding diaryl/α,β-unsaturated/α-hetero) is 1. The summed E-state index contributed by atoms with van der Waals surface area (Å²) in [4.78, 5) is 27.5. The second-order valence-corrected chi connectivity index (χ2v) is 8.14. The molecular formula is C25H29NO3. The smallest absolute Gasteiger partial charge is 0.223 e. The fourth-order valence-corrected chi connectivity index (χ4v) is 4.68. The summed E-state index contributed by atoms with van der Waals surface area (Å²) >= 11 is 0. The van der Waals surface area contributed by atoms with Crippen LogP contribution in [0.3, 0.4) is 0 Å². The summed E-state index contributed by atoms with van der Waals surface area (Å²) < 4.78 is 5.33. The molecule has 1 aliphatic carbocycles. The Balaban J connectivity index is 1.39. The van der Waals surface area contributed by atoms with E-state index < -0.39 is 0 Å². The van der Waals surface area contributed by atoms with Gasteiger partial charge in [-0.1, -0.05) is 24.3 Å². The van der Waals surface area contributed by atoms with Crippen LogP contribution in [0.1, 0.15) is 71.6 Å². The van der Waals surface area contributed by atoms with Gasteiger partial charge in [-0.3, -0.25) is 9.59 Å². The number of carbonyl (C=O) groups is 2. The quantitative estimate of drug-likeness (QED) is 0.658. The Morgan fingerprint density at radius 2 is 1.83 bits per heavy atom. The van der Waals surface area contributed by atoms with Crippen molar-refractivity contribution in [3.8, 4) is 5.75 Å². The molecule has 0 N–H and O–H groups in total. The average Bonchev–Trinajstić information content (AvgIpc) is 3.27. The third-order valence-electron chi connectivity index (χ3n) is 6.29. The van der Waals surface area contributed by atoms with Crippen molar-refractivity contribution in [3.63, 3.8) is 0 Å². The maximum atomic E-state index is 12.9. The van der Waals surface area contributed by atoms with Crippen LogP contribution < -0.4 is 4.74 Å². The van der Waals surface area contributed by atoms with Crippen LogP contribution in [0.4, 0.5) is 0 Å². The van der Waals surface area contributed by atoms with Crippen molar-refractivity contribution in [3.05, 3.63) is 64.7 Å². The normalized spacial score (nSPS) is 18.4. The number of likely N-dealkylation sites (tertiary alicyclic amines) is 1. The van der Waals surface area contributed by atoms with E-state index in [4.69, 9.17) is 4.74 Å². The Bertz CT molecular complexity index is 905. The number of carbonyl (C=O) groups excluding carboxylic acids is 2. The number of amides is 1. The molecule has 2 aromatic rings. The monoisotopic (exact) mass is 391 g/mol. The Morgan fingerprint density at radius 3 is 2.66 bits per heavy atom. The van der Waals surface area contributed by atoms with E-state index in [0.717, 1.165) is 49.1 Å². The predicted octanol–water partition coefficient (Wildman–Crippen LogP) is 4.90. The molecule has 1 fully saturated rings. The highest BCUT2D eigenvalue weighted by Gasteiger charge is 2.30. The minimum absolute atomic E-state index is 0.0710. The molecule has 0 bridgehead atoms. The molecule has 1 unspecified atom stereocenters. The van der Waals surface area contributed by atoms with Gasteiger partial charge in [-0.05, 0) is 73.4 Å². The number of aryl methyl sites for hydroxylation is 2. The summed E-state index contributed by atoms with van der Waals surface area (Å²) in [7, 11) is 1.66. The van der Waals surface area contributed by atoms with Gasteiger partial charge in [-0.25, -0.2) is 0 Å². The largest absolute Gasteiger partial charge is 0.497 e. The number of fused-ring (bicyclic) bond motifs is 1. The molecule has 4 nitrogen and oxygen atoms in total. The van der Waals surface area contributed by atoms with Gasteiger partial charge in [-0.15, -0.1) is 0 Å². The van der Waals surface area contributed by atoms with E-state index in [1.54, 1.807) is 7.11 Å². The molecule has 1 aliphatic heterocycles. The molecule has 1 atom stereocenters. The summed E-state index contributed by atoms with van der Waals surface area (Å²) in [6.45, 7) is 0.758. The van der Waals surface area contributed by atoms with Crippen LogP contribution in [-0.2, 0) is 17.6 Å². The lowest BCUT2D eigenvalue weighted by Crippen LogP contribution is -2.30. The molecule has 4 heteroatoms. The van der Waals surface area contributed by atoms with E-state index in [1.165, 1.54) is 24.0 Å². The molecule has 2 aromatic carbocycles. The Kier molecular flexibility index (Phi) is 5.98. The van der Waals surface area contributed by atoms with E-state index in [0.29, 0.717) is 0 Å². The SMILES string of the molecule is COc1cccc(C2CCCN2C(=O)CCC(=O)c2ccc3c(c2)CCCC3)c1. The van der Waals surface area contributed by atoms with Crippen LogP contribution in [0.15, 0.2) is 42.5 Å². The number of methoxy groups -OCH3 is 1. The predicted molar refractivity (Wildman–Crippen MR) is 113 cm³/mol. The second kappa shape index (κ2) is 8.81. The van der Waals surface area contributed by atoms with E-state index in [-0.39, 0.29) is 30.6 Å². The van der Waals surface area contributed by atoms with Crippen molar-refractivity contribution < 1.29 is 14.3 Å². The molecule has 152 valence electrons. The topological polar surface area (TPSA) is 46.6 Å². The van der Waals surface area contributed by atoms with Crippen molar-refractivity contribution in [2.45, 2.75) is 57.4 Å². The standard InChI is InChI=1S/C25H29NO3/c1-29-22-9-4-8-20(17-22)23-10-5-15-26(23)25(28)14-13-24(27)21-12-11-18-6-2-3-7-19(18)16-21/h4,8-9,11-12,16-17,23H,2-3,5-7,10,13-15H2,1H3. The summed E-state index contributed by atoms with van der Waals surface area (Å²) in [5, 5.41) is 0. The highest BCUT2D eigenvalue weighted by Crippen LogP contribution is 2.34. The minimum atomic E-state index is 0.0710. The lowest BCUT2D eigenvalue weighted by Gasteiger charge is -2.25. The van der Waals surface area contributed by atoms with Gasteiger partial charge in [0.1, 0.15) is 5.75 Å². The van der Waals surface area contributed by atoms with Gasteiger partial charge < -0.3 is 9.64 Å². The Labute approximate surface area is 172 Å². The number of hydrogen-bond donors (Lipinski definition) is 0. The van der Waals surface area contributed by atoms with Crippen molar-refractivity contribution >= 4 is 11.7 Å². The lowest BCUT2D eigenvalue weighted by atomic mass is 9.89. The number of ether oxygens (including phenoxy) is 1. The van der Waals surface area contributed by atoms with Gasteiger partial charge in [-0.2, -0.15) is 0 Å². The molecule has 2 aliphatic rings. The average molecular weight is 392 g/mol. The van der Waals surface area contributed by atoms with Crippen molar-refractivity contribution in [2.75, 3.05) is 13.7 Å². The van der Waals surface area contributed by atoms with E-state index in [9.17, 15) is 9.59 Å². The van der Waals surface area contributed by atoms with Crippen LogP contribution in [0.2, 0.25) is 0 Å². The van der Waals surface area contributed by atoms with Gasteiger partial charge in [0, 0.05) is 24.9 Å². The highest BCUT2D eigenvalue weighted by molar-refractivity contribution is 5.98. The molecule has 1 amide bonds. The number of rotatable bonds is 6.